The van der Waals surface area contributed by atoms with Crippen molar-refractivity contribution in [3.8, 4) is 0 Å². The molecule has 3 fully saturated rings. The summed E-state index contributed by atoms with van der Waals surface area (Å²) in [5.41, 5.74) is 0.553. The zero-order valence-electron chi connectivity index (χ0n) is 11.2. The third-order valence-electron chi connectivity index (χ3n) is 6.42. The van der Waals surface area contributed by atoms with Gasteiger partial charge in [0.2, 0.25) is 0 Å². The molecular formula is C15H26O. The van der Waals surface area contributed by atoms with Crippen LogP contribution >= 0.6 is 0 Å². The minimum atomic E-state index is -0.328. The van der Waals surface area contributed by atoms with Crippen molar-refractivity contribution in [2.24, 2.45) is 28.6 Å². The fraction of sp³-hybridized carbons (Fsp3) is 1.00. The molecule has 0 unspecified atom stereocenters. The smallest absolute Gasteiger partial charge is 0.0709 e. The van der Waals surface area contributed by atoms with E-state index in [1.54, 1.807) is 0 Å². The van der Waals surface area contributed by atoms with Gasteiger partial charge in [0.25, 0.3) is 0 Å². The first kappa shape index (κ1) is 11.1. The first-order valence-corrected chi connectivity index (χ1v) is 7.02. The van der Waals surface area contributed by atoms with E-state index in [9.17, 15) is 5.11 Å². The van der Waals surface area contributed by atoms with Gasteiger partial charge in [-0.1, -0.05) is 27.7 Å². The van der Waals surface area contributed by atoms with E-state index in [2.05, 4.69) is 27.7 Å². The van der Waals surface area contributed by atoms with E-state index in [0.717, 1.165) is 12.3 Å². The predicted octanol–water partition coefficient (Wildman–Crippen LogP) is 3.61. The molecule has 0 bridgehead atoms. The second-order valence-electron chi connectivity index (χ2n) is 7.87. The highest BCUT2D eigenvalue weighted by Gasteiger charge is 2.67. The van der Waals surface area contributed by atoms with Crippen molar-refractivity contribution in [1.82, 2.24) is 0 Å². The summed E-state index contributed by atoms with van der Waals surface area (Å²) < 4.78 is 0. The van der Waals surface area contributed by atoms with Crippen LogP contribution in [0.25, 0.3) is 0 Å². The second-order valence-corrected chi connectivity index (χ2v) is 7.87. The lowest BCUT2D eigenvalue weighted by Gasteiger charge is -2.47. The highest BCUT2D eigenvalue weighted by atomic mass is 16.3. The van der Waals surface area contributed by atoms with E-state index in [1.165, 1.54) is 25.7 Å². The molecule has 0 heterocycles. The van der Waals surface area contributed by atoms with Gasteiger partial charge in [0.15, 0.2) is 0 Å². The monoisotopic (exact) mass is 222 g/mol. The molecule has 3 saturated carbocycles. The molecule has 0 radical (unpaired) electrons. The predicted molar refractivity (Wildman–Crippen MR) is 66.1 cm³/mol. The largest absolute Gasteiger partial charge is 0.389 e. The number of hydrogen-bond acceptors (Lipinski definition) is 1. The zero-order valence-corrected chi connectivity index (χ0v) is 11.2. The standard InChI is InChI=1S/C15H26O/c1-10-5-6-11-12-14(4,9-13(11,2)3)7-8-15(10,12)16/h10-12,16H,5-9H2,1-4H3/t10-,11-,12-,14+,15+/m1/s1. The first-order chi connectivity index (χ1) is 7.30. The molecule has 0 aliphatic heterocycles. The molecule has 0 aromatic rings. The van der Waals surface area contributed by atoms with Gasteiger partial charge in [0.05, 0.1) is 5.60 Å². The van der Waals surface area contributed by atoms with Crippen molar-refractivity contribution in [2.45, 2.75) is 65.4 Å². The molecule has 3 aliphatic carbocycles. The van der Waals surface area contributed by atoms with Gasteiger partial charge in [0.1, 0.15) is 0 Å². The molecule has 1 heteroatoms. The summed E-state index contributed by atoms with van der Waals surface area (Å²) in [4.78, 5) is 0. The van der Waals surface area contributed by atoms with Crippen LogP contribution < -0.4 is 0 Å². The van der Waals surface area contributed by atoms with E-state index in [4.69, 9.17) is 0 Å². The fourth-order valence-electron chi connectivity index (χ4n) is 5.85. The lowest BCUT2D eigenvalue weighted by atomic mass is 9.61. The molecule has 5 atom stereocenters. The normalized spacial score (nSPS) is 58.7. The maximum absolute atomic E-state index is 11.1. The SMILES string of the molecule is C[C@@H]1CC[C@@H]2[C@@H]3[C@@](C)(CC[C@]13O)CC2(C)C. The Kier molecular flexibility index (Phi) is 1.98. The van der Waals surface area contributed by atoms with Gasteiger partial charge in [-0.2, -0.15) is 0 Å². The van der Waals surface area contributed by atoms with Crippen LogP contribution in [0.4, 0.5) is 0 Å². The lowest BCUT2D eigenvalue weighted by Crippen LogP contribution is -2.49. The number of aliphatic hydroxyl groups is 1. The van der Waals surface area contributed by atoms with Crippen molar-refractivity contribution in [2.75, 3.05) is 0 Å². The average Bonchev–Trinajstić information content (AvgIpc) is 2.53. The van der Waals surface area contributed by atoms with E-state index < -0.39 is 0 Å². The summed E-state index contributed by atoms with van der Waals surface area (Å²) in [7, 11) is 0. The molecular weight excluding hydrogens is 196 g/mol. The van der Waals surface area contributed by atoms with Crippen molar-refractivity contribution in [1.29, 1.82) is 0 Å². The quantitative estimate of drug-likeness (QED) is 0.664. The zero-order chi connectivity index (χ0) is 11.8. The minimum Gasteiger partial charge on any atom is -0.389 e. The maximum Gasteiger partial charge on any atom is 0.0709 e. The highest BCUT2D eigenvalue weighted by molar-refractivity contribution is 5.17. The van der Waals surface area contributed by atoms with Gasteiger partial charge in [-0.05, 0) is 60.7 Å². The van der Waals surface area contributed by atoms with Crippen LogP contribution in [-0.2, 0) is 0 Å². The molecule has 0 amide bonds. The van der Waals surface area contributed by atoms with Crippen molar-refractivity contribution >= 4 is 0 Å². The topological polar surface area (TPSA) is 20.2 Å². The van der Waals surface area contributed by atoms with Crippen molar-refractivity contribution in [3.05, 3.63) is 0 Å². The van der Waals surface area contributed by atoms with E-state index in [1.807, 2.05) is 0 Å². The summed E-state index contributed by atoms with van der Waals surface area (Å²) in [6.07, 6.45) is 6.21. The Hall–Kier alpha value is -0.0400. The van der Waals surface area contributed by atoms with Gasteiger partial charge < -0.3 is 5.11 Å². The summed E-state index contributed by atoms with van der Waals surface area (Å²) in [5.74, 6) is 1.87. The third kappa shape index (κ3) is 1.11. The van der Waals surface area contributed by atoms with Crippen LogP contribution in [0.15, 0.2) is 0 Å². The molecule has 92 valence electrons. The Morgan fingerprint density at radius 1 is 1.06 bits per heavy atom. The Morgan fingerprint density at radius 3 is 2.44 bits per heavy atom. The minimum absolute atomic E-state index is 0.328. The summed E-state index contributed by atoms with van der Waals surface area (Å²) in [6, 6.07) is 0. The van der Waals surface area contributed by atoms with E-state index in [0.29, 0.717) is 22.7 Å². The van der Waals surface area contributed by atoms with Crippen LogP contribution in [0.2, 0.25) is 0 Å². The Bertz CT molecular complexity index is 321. The number of hydrogen-bond donors (Lipinski definition) is 1. The van der Waals surface area contributed by atoms with Gasteiger partial charge in [0, 0.05) is 0 Å². The van der Waals surface area contributed by atoms with Crippen LogP contribution in [0.1, 0.15) is 59.8 Å². The first-order valence-electron chi connectivity index (χ1n) is 7.02. The summed E-state index contributed by atoms with van der Waals surface area (Å²) >= 11 is 0. The van der Waals surface area contributed by atoms with Crippen LogP contribution in [-0.4, -0.2) is 10.7 Å². The van der Waals surface area contributed by atoms with Crippen LogP contribution in [0, 0.1) is 28.6 Å². The highest BCUT2D eigenvalue weighted by Crippen LogP contribution is 2.71. The average molecular weight is 222 g/mol. The molecule has 0 aromatic heterocycles. The summed E-state index contributed by atoms with van der Waals surface area (Å²) in [5, 5.41) is 11.1. The Labute approximate surface area is 99.6 Å². The molecule has 1 N–H and O–H groups in total. The number of rotatable bonds is 0. The van der Waals surface area contributed by atoms with Gasteiger partial charge in [-0.15, -0.1) is 0 Å². The maximum atomic E-state index is 11.1. The van der Waals surface area contributed by atoms with Gasteiger partial charge in [-0.3, -0.25) is 0 Å². The van der Waals surface area contributed by atoms with Crippen LogP contribution in [0.5, 0.6) is 0 Å². The third-order valence-corrected chi connectivity index (χ3v) is 6.42. The molecule has 3 aliphatic rings. The van der Waals surface area contributed by atoms with Crippen molar-refractivity contribution in [3.63, 3.8) is 0 Å². The fourth-order valence-corrected chi connectivity index (χ4v) is 5.85. The molecule has 0 aromatic carbocycles. The summed E-state index contributed by atoms with van der Waals surface area (Å²) in [6.45, 7) is 9.57. The molecule has 0 spiro atoms. The van der Waals surface area contributed by atoms with Crippen LogP contribution in [0.3, 0.4) is 0 Å². The Morgan fingerprint density at radius 2 is 1.75 bits per heavy atom. The van der Waals surface area contributed by atoms with E-state index >= 15 is 0 Å². The molecule has 3 rings (SSSR count). The van der Waals surface area contributed by atoms with Gasteiger partial charge >= 0.3 is 0 Å². The van der Waals surface area contributed by atoms with Gasteiger partial charge in [-0.25, -0.2) is 0 Å². The second kappa shape index (κ2) is 2.85. The molecule has 16 heavy (non-hydrogen) atoms. The Balaban J connectivity index is 2.07. The lowest BCUT2D eigenvalue weighted by molar-refractivity contribution is -0.110. The van der Waals surface area contributed by atoms with E-state index in [-0.39, 0.29) is 5.60 Å². The molecule has 1 nitrogen and oxygen atoms in total. The molecule has 0 saturated heterocycles. The van der Waals surface area contributed by atoms with Crippen molar-refractivity contribution < 1.29 is 5.11 Å².